The van der Waals surface area contributed by atoms with Crippen LogP contribution >= 0.6 is 0 Å². The lowest BCUT2D eigenvalue weighted by molar-refractivity contribution is 0.305. The number of phenols is 1. The molecule has 0 saturated heterocycles. The van der Waals surface area contributed by atoms with Gasteiger partial charge in [-0.2, -0.15) is 0 Å². The molecular weight excluding hydrogens is 214 g/mol. The summed E-state index contributed by atoms with van der Waals surface area (Å²) in [6, 6.07) is 12.6. The third-order valence-corrected chi connectivity index (χ3v) is 2.56. The molecule has 3 nitrogen and oxygen atoms in total. The second kappa shape index (κ2) is 4.78. The van der Waals surface area contributed by atoms with Gasteiger partial charge >= 0.3 is 0 Å². The van der Waals surface area contributed by atoms with Crippen LogP contribution in [0.2, 0.25) is 0 Å². The van der Waals surface area contributed by atoms with Crippen molar-refractivity contribution in [1.82, 2.24) is 0 Å². The Bertz CT molecular complexity index is 486. The van der Waals surface area contributed by atoms with Gasteiger partial charge in [-0.1, -0.05) is 24.3 Å². The number of nitrogen functional groups attached to an aromatic ring is 1. The van der Waals surface area contributed by atoms with Gasteiger partial charge in [-0.3, -0.25) is 0 Å². The molecule has 0 aliphatic heterocycles. The van der Waals surface area contributed by atoms with E-state index >= 15 is 0 Å². The molecule has 0 amide bonds. The first-order valence-corrected chi connectivity index (χ1v) is 5.42. The van der Waals surface area contributed by atoms with Gasteiger partial charge in [0.1, 0.15) is 18.1 Å². The van der Waals surface area contributed by atoms with Crippen molar-refractivity contribution >= 4 is 5.69 Å². The Morgan fingerprint density at radius 3 is 2.47 bits per heavy atom. The van der Waals surface area contributed by atoms with Crippen LogP contribution in [0.3, 0.4) is 0 Å². The number of phenolic OH excluding ortho intramolecular Hbond substituents is 1. The Kier molecular flexibility index (Phi) is 3.19. The van der Waals surface area contributed by atoms with Crippen LogP contribution in [0.1, 0.15) is 11.1 Å². The van der Waals surface area contributed by atoms with E-state index in [1.807, 2.05) is 37.3 Å². The highest BCUT2D eigenvalue weighted by Gasteiger charge is 2.04. The van der Waals surface area contributed by atoms with Gasteiger partial charge in [0.25, 0.3) is 0 Å². The topological polar surface area (TPSA) is 55.5 Å². The van der Waals surface area contributed by atoms with Crippen molar-refractivity contribution in [3.63, 3.8) is 0 Å². The molecule has 0 heterocycles. The quantitative estimate of drug-likeness (QED) is 0.796. The third kappa shape index (κ3) is 2.69. The highest BCUT2D eigenvalue weighted by molar-refractivity contribution is 5.56. The second-order valence-corrected chi connectivity index (χ2v) is 3.95. The lowest BCUT2D eigenvalue weighted by Gasteiger charge is -2.11. The van der Waals surface area contributed by atoms with Gasteiger partial charge in [-0.15, -0.1) is 0 Å². The number of para-hydroxylation sites is 1. The van der Waals surface area contributed by atoms with Crippen LogP contribution in [-0.2, 0) is 6.61 Å². The van der Waals surface area contributed by atoms with Crippen LogP contribution in [0.4, 0.5) is 5.69 Å². The number of anilines is 1. The molecule has 2 aromatic carbocycles. The summed E-state index contributed by atoms with van der Waals surface area (Å²) in [6.07, 6.45) is 0. The van der Waals surface area contributed by atoms with Crippen molar-refractivity contribution in [2.75, 3.05) is 5.73 Å². The summed E-state index contributed by atoms with van der Waals surface area (Å²) < 4.78 is 5.69. The zero-order valence-corrected chi connectivity index (χ0v) is 9.68. The minimum atomic E-state index is 0.254. The molecule has 3 heteroatoms. The minimum Gasteiger partial charge on any atom is -0.508 e. The summed E-state index contributed by atoms with van der Waals surface area (Å²) in [5, 5.41) is 9.17. The van der Waals surface area contributed by atoms with Crippen LogP contribution in [0.5, 0.6) is 11.5 Å². The molecule has 17 heavy (non-hydrogen) atoms. The van der Waals surface area contributed by atoms with E-state index in [0.717, 1.165) is 16.9 Å². The highest BCUT2D eigenvalue weighted by Crippen LogP contribution is 2.26. The van der Waals surface area contributed by atoms with Crippen molar-refractivity contribution in [3.8, 4) is 11.5 Å². The van der Waals surface area contributed by atoms with E-state index in [1.54, 1.807) is 12.1 Å². The van der Waals surface area contributed by atoms with Crippen molar-refractivity contribution in [2.24, 2.45) is 0 Å². The van der Waals surface area contributed by atoms with Crippen LogP contribution in [0.15, 0.2) is 42.5 Å². The molecule has 0 fully saturated rings. The van der Waals surface area contributed by atoms with Gasteiger partial charge in [0.05, 0.1) is 5.69 Å². The first-order chi connectivity index (χ1) is 8.16. The Morgan fingerprint density at radius 2 is 1.82 bits per heavy atom. The lowest BCUT2D eigenvalue weighted by Crippen LogP contribution is -2.00. The Hall–Kier alpha value is -2.16. The molecule has 0 aliphatic carbocycles. The van der Waals surface area contributed by atoms with Gasteiger partial charge in [0.15, 0.2) is 0 Å². The van der Waals surface area contributed by atoms with Crippen LogP contribution in [0, 0.1) is 6.92 Å². The lowest BCUT2D eigenvalue weighted by atomic mass is 10.2. The average molecular weight is 229 g/mol. The van der Waals surface area contributed by atoms with Crippen molar-refractivity contribution in [2.45, 2.75) is 13.5 Å². The van der Waals surface area contributed by atoms with E-state index in [2.05, 4.69) is 0 Å². The summed E-state index contributed by atoms with van der Waals surface area (Å²) in [7, 11) is 0. The zero-order valence-electron chi connectivity index (χ0n) is 9.68. The van der Waals surface area contributed by atoms with E-state index in [9.17, 15) is 0 Å². The van der Waals surface area contributed by atoms with Gasteiger partial charge in [0, 0.05) is 0 Å². The van der Waals surface area contributed by atoms with E-state index in [-0.39, 0.29) is 5.75 Å². The molecule has 0 bridgehead atoms. The summed E-state index contributed by atoms with van der Waals surface area (Å²) in [6.45, 7) is 2.40. The normalized spacial score (nSPS) is 10.2. The molecule has 2 aromatic rings. The van der Waals surface area contributed by atoms with E-state index in [4.69, 9.17) is 15.6 Å². The first kappa shape index (κ1) is 11.3. The Morgan fingerprint density at radius 1 is 1.12 bits per heavy atom. The molecule has 0 atom stereocenters. The summed E-state index contributed by atoms with van der Waals surface area (Å²) in [4.78, 5) is 0. The third-order valence-electron chi connectivity index (χ3n) is 2.56. The molecule has 0 aliphatic rings. The van der Waals surface area contributed by atoms with Crippen molar-refractivity contribution < 1.29 is 9.84 Å². The SMILES string of the molecule is Cc1cccc(N)c1OCc1ccc(O)cc1. The fraction of sp³-hybridized carbons (Fsp3) is 0.143. The van der Waals surface area contributed by atoms with Gasteiger partial charge in [-0.25, -0.2) is 0 Å². The molecule has 0 saturated carbocycles. The van der Waals surface area contributed by atoms with E-state index in [1.165, 1.54) is 0 Å². The molecule has 3 N–H and O–H groups in total. The molecular formula is C14H15NO2. The fourth-order valence-electron chi connectivity index (χ4n) is 1.62. The Balaban J connectivity index is 2.10. The van der Waals surface area contributed by atoms with Crippen LogP contribution in [0.25, 0.3) is 0 Å². The average Bonchev–Trinajstić information content (AvgIpc) is 2.31. The number of aryl methyl sites for hydroxylation is 1. The molecule has 0 unspecified atom stereocenters. The van der Waals surface area contributed by atoms with Gasteiger partial charge in [0.2, 0.25) is 0 Å². The zero-order chi connectivity index (χ0) is 12.3. The first-order valence-electron chi connectivity index (χ1n) is 5.42. The van der Waals surface area contributed by atoms with E-state index < -0.39 is 0 Å². The number of rotatable bonds is 3. The summed E-state index contributed by atoms with van der Waals surface area (Å²) in [5.41, 5.74) is 8.50. The van der Waals surface area contributed by atoms with Gasteiger partial charge in [-0.05, 0) is 36.2 Å². The van der Waals surface area contributed by atoms with Gasteiger partial charge < -0.3 is 15.6 Å². The monoisotopic (exact) mass is 229 g/mol. The number of nitrogens with two attached hydrogens (primary N) is 1. The molecule has 0 spiro atoms. The standard InChI is InChI=1S/C14H15NO2/c1-10-3-2-4-13(15)14(10)17-9-11-5-7-12(16)8-6-11/h2-8,16H,9,15H2,1H3. The highest BCUT2D eigenvalue weighted by atomic mass is 16.5. The summed E-state index contributed by atoms with van der Waals surface area (Å²) >= 11 is 0. The number of ether oxygens (including phenoxy) is 1. The van der Waals surface area contributed by atoms with Crippen molar-refractivity contribution in [1.29, 1.82) is 0 Å². The molecule has 2 rings (SSSR count). The van der Waals surface area contributed by atoms with Crippen molar-refractivity contribution in [3.05, 3.63) is 53.6 Å². The molecule has 0 aromatic heterocycles. The largest absolute Gasteiger partial charge is 0.508 e. The maximum Gasteiger partial charge on any atom is 0.145 e. The number of aromatic hydroxyl groups is 1. The van der Waals surface area contributed by atoms with Crippen LogP contribution < -0.4 is 10.5 Å². The predicted molar refractivity (Wildman–Crippen MR) is 68.0 cm³/mol. The summed E-state index contributed by atoms with van der Waals surface area (Å²) in [5.74, 6) is 0.977. The number of hydrogen-bond acceptors (Lipinski definition) is 3. The Labute approximate surface area is 100 Å². The maximum atomic E-state index is 9.17. The smallest absolute Gasteiger partial charge is 0.145 e. The van der Waals surface area contributed by atoms with E-state index in [0.29, 0.717) is 12.3 Å². The number of hydrogen-bond donors (Lipinski definition) is 2. The number of benzene rings is 2. The molecule has 88 valence electrons. The minimum absolute atomic E-state index is 0.254. The second-order valence-electron chi connectivity index (χ2n) is 3.95. The van der Waals surface area contributed by atoms with Crippen LogP contribution in [-0.4, -0.2) is 5.11 Å². The fourth-order valence-corrected chi connectivity index (χ4v) is 1.62. The molecule has 0 radical (unpaired) electrons. The predicted octanol–water partition coefficient (Wildman–Crippen LogP) is 2.86. The maximum absolute atomic E-state index is 9.17.